The molecular formula is C24H28N4O2. The van der Waals surface area contributed by atoms with E-state index in [2.05, 4.69) is 45.9 Å². The number of methoxy groups -OCH3 is 1. The van der Waals surface area contributed by atoms with E-state index in [0.717, 1.165) is 50.4 Å². The smallest absolute Gasteiger partial charge is 0.270 e. The second-order valence-electron chi connectivity index (χ2n) is 8.20. The maximum atomic E-state index is 13.0. The van der Waals surface area contributed by atoms with E-state index in [1.807, 2.05) is 39.2 Å². The third-order valence-electron chi connectivity index (χ3n) is 5.70. The summed E-state index contributed by atoms with van der Waals surface area (Å²) in [6.07, 6.45) is 1.72. The van der Waals surface area contributed by atoms with E-state index in [4.69, 9.17) is 4.74 Å². The first kappa shape index (κ1) is 20.2. The van der Waals surface area contributed by atoms with Crippen LogP contribution in [0.25, 0.3) is 32.6 Å². The fourth-order valence-electron chi connectivity index (χ4n) is 4.55. The van der Waals surface area contributed by atoms with Crippen molar-refractivity contribution in [1.29, 1.82) is 0 Å². The predicted molar refractivity (Wildman–Crippen MR) is 122 cm³/mol. The summed E-state index contributed by atoms with van der Waals surface area (Å²) < 4.78 is 7.79. The molecule has 0 saturated heterocycles. The highest BCUT2D eigenvalue weighted by Crippen LogP contribution is 2.38. The number of fused-ring (bicyclic) bond motifs is 4. The van der Waals surface area contributed by atoms with Crippen LogP contribution in [0, 0.1) is 6.92 Å². The third-order valence-corrected chi connectivity index (χ3v) is 5.70. The first-order chi connectivity index (χ1) is 14.3. The lowest BCUT2D eigenvalue weighted by molar-refractivity contribution is 0.0931. The molecule has 0 aliphatic carbocycles. The lowest BCUT2D eigenvalue weighted by Crippen LogP contribution is -2.39. The zero-order chi connectivity index (χ0) is 21.6. The van der Waals surface area contributed by atoms with Crippen LogP contribution in [0.5, 0.6) is 5.75 Å². The standard InChI is InChI=1S/C24H28N4O2/c1-14(13-27(3)4)26-24(29)21-18-12-19-17-8-7-9-20(30-6)23(17)28(5)22(19)15(2)16(18)10-11-25-21/h7-12,14H,13H2,1-6H3,(H,26,29). The van der Waals surface area contributed by atoms with E-state index in [9.17, 15) is 4.79 Å². The van der Waals surface area contributed by atoms with Crippen molar-refractivity contribution in [3.63, 3.8) is 0 Å². The molecule has 156 valence electrons. The Morgan fingerprint density at radius 3 is 2.63 bits per heavy atom. The number of para-hydroxylation sites is 1. The average Bonchev–Trinajstić information content (AvgIpc) is 2.99. The maximum absolute atomic E-state index is 13.0. The van der Waals surface area contributed by atoms with Crippen LogP contribution in [0.4, 0.5) is 0 Å². The zero-order valence-electron chi connectivity index (χ0n) is 18.4. The molecule has 0 saturated carbocycles. The van der Waals surface area contributed by atoms with Gasteiger partial charge in [0.15, 0.2) is 0 Å². The van der Waals surface area contributed by atoms with E-state index < -0.39 is 0 Å². The molecule has 1 N–H and O–H groups in total. The van der Waals surface area contributed by atoms with Crippen LogP contribution in [0.2, 0.25) is 0 Å². The monoisotopic (exact) mass is 404 g/mol. The lowest BCUT2D eigenvalue weighted by Gasteiger charge is -2.18. The molecule has 0 aliphatic heterocycles. The summed E-state index contributed by atoms with van der Waals surface area (Å²) in [5.74, 6) is 0.690. The number of benzene rings is 2. The Kier molecular flexibility index (Phi) is 5.12. The van der Waals surface area contributed by atoms with E-state index >= 15 is 0 Å². The molecule has 2 aromatic carbocycles. The van der Waals surface area contributed by atoms with Gasteiger partial charge in [0.2, 0.25) is 0 Å². The van der Waals surface area contributed by atoms with Gasteiger partial charge in [-0.1, -0.05) is 12.1 Å². The summed E-state index contributed by atoms with van der Waals surface area (Å²) in [5, 5.41) is 7.18. The lowest BCUT2D eigenvalue weighted by atomic mass is 10.00. The van der Waals surface area contributed by atoms with Gasteiger partial charge in [-0.05, 0) is 57.1 Å². The minimum atomic E-state index is -0.147. The van der Waals surface area contributed by atoms with Crippen LogP contribution in [-0.4, -0.2) is 54.1 Å². The van der Waals surface area contributed by atoms with E-state index in [0.29, 0.717) is 5.69 Å². The number of aromatic nitrogens is 2. The van der Waals surface area contributed by atoms with E-state index in [1.165, 1.54) is 0 Å². The van der Waals surface area contributed by atoms with Crippen molar-refractivity contribution in [2.24, 2.45) is 7.05 Å². The normalized spacial score (nSPS) is 12.8. The highest BCUT2D eigenvalue weighted by molar-refractivity contribution is 6.18. The highest BCUT2D eigenvalue weighted by atomic mass is 16.5. The van der Waals surface area contributed by atoms with Crippen molar-refractivity contribution in [3.8, 4) is 5.75 Å². The Morgan fingerprint density at radius 1 is 1.17 bits per heavy atom. The van der Waals surface area contributed by atoms with E-state index in [-0.39, 0.29) is 11.9 Å². The Morgan fingerprint density at radius 2 is 1.93 bits per heavy atom. The molecule has 0 bridgehead atoms. The SMILES string of the molecule is COc1cccc2c3cc4c(C(=O)NC(C)CN(C)C)nccc4c(C)c3n(C)c12. The number of rotatable bonds is 5. The molecule has 1 atom stereocenters. The van der Waals surface area contributed by atoms with Gasteiger partial charge in [0, 0.05) is 42.0 Å². The van der Waals surface area contributed by atoms with Crippen LogP contribution < -0.4 is 10.1 Å². The van der Waals surface area contributed by atoms with Crippen LogP contribution >= 0.6 is 0 Å². The second-order valence-corrected chi connectivity index (χ2v) is 8.20. The summed E-state index contributed by atoms with van der Waals surface area (Å²) in [7, 11) is 7.74. The number of amides is 1. The molecule has 2 aromatic heterocycles. The molecule has 2 heterocycles. The number of hydrogen-bond acceptors (Lipinski definition) is 4. The molecule has 4 aromatic rings. The van der Waals surface area contributed by atoms with Crippen LogP contribution in [0.3, 0.4) is 0 Å². The van der Waals surface area contributed by atoms with Gasteiger partial charge in [0.05, 0.1) is 18.1 Å². The van der Waals surface area contributed by atoms with Crippen LogP contribution in [0.1, 0.15) is 23.0 Å². The summed E-state index contributed by atoms with van der Waals surface area (Å²) in [6.45, 7) is 4.87. The molecule has 4 rings (SSSR count). The molecule has 0 aliphatic rings. The van der Waals surface area contributed by atoms with Crippen molar-refractivity contribution >= 4 is 38.5 Å². The molecule has 1 unspecified atom stereocenters. The minimum absolute atomic E-state index is 0.0243. The average molecular weight is 405 g/mol. The van der Waals surface area contributed by atoms with Crippen molar-refractivity contribution in [2.45, 2.75) is 19.9 Å². The van der Waals surface area contributed by atoms with Crippen LogP contribution in [-0.2, 0) is 7.05 Å². The molecular weight excluding hydrogens is 376 g/mol. The van der Waals surface area contributed by atoms with Crippen molar-refractivity contribution in [3.05, 3.63) is 47.8 Å². The summed E-state index contributed by atoms with van der Waals surface area (Å²) in [4.78, 5) is 19.6. The fraction of sp³-hybridized carbons (Fsp3) is 0.333. The second kappa shape index (κ2) is 7.61. The number of hydrogen-bond donors (Lipinski definition) is 1. The Labute approximate surface area is 176 Å². The zero-order valence-corrected chi connectivity index (χ0v) is 18.4. The topological polar surface area (TPSA) is 59.4 Å². The Balaban J connectivity index is 1.95. The third kappa shape index (κ3) is 3.17. The quantitative estimate of drug-likeness (QED) is 0.548. The predicted octanol–water partition coefficient (Wildman–Crippen LogP) is 3.88. The number of nitrogens with one attached hydrogen (secondary N) is 1. The Bertz CT molecular complexity index is 1270. The first-order valence-corrected chi connectivity index (χ1v) is 10.1. The van der Waals surface area contributed by atoms with Gasteiger partial charge in [0.25, 0.3) is 5.91 Å². The van der Waals surface area contributed by atoms with Crippen molar-refractivity contribution in [2.75, 3.05) is 27.7 Å². The summed E-state index contributed by atoms with van der Waals surface area (Å²) >= 11 is 0. The molecule has 1 amide bonds. The fourth-order valence-corrected chi connectivity index (χ4v) is 4.55. The molecule has 0 spiro atoms. The maximum Gasteiger partial charge on any atom is 0.270 e. The van der Waals surface area contributed by atoms with Gasteiger partial charge in [-0.15, -0.1) is 0 Å². The van der Waals surface area contributed by atoms with Crippen LogP contribution in [0.15, 0.2) is 36.5 Å². The van der Waals surface area contributed by atoms with Gasteiger partial charge >= 0.3 is 0 Å². The van der Waals surface area contributed by atoms with Gasteiger partial charge < -0.3 is 19.5 Å². The molecule has 6 heteroatoms. The van der Waals surface area contributed by atoms with Gasteiger partial charge in [0.1, 0.15) is 11.4 Å². The van der Waals surface area contributed by atoms with Crippen molar-refractivity contribution in [1.82, 2.24) is 19.8 Å². The number of pyridine rings is 1. The molecule has 0 fully saturated rings. The highest BCUT2D eigenvalue weighted by Gasteiger charge is 2.20. The molecule has 0 radical (unpaired) electrons. The van der Waals surface area contributed by atoms with Crippen molar-refractivity contribution < 1.29 is 9.53 Å². The molecule has 30 heavy (non-hydrogen) atoms. The number of carbonyl (C=O) groups is 1. The summed E-state index contributed by atoms with van der Waals surface area (Å²) in [5.41, 5.74) is 3.77. The largest absolute Gasteiger partial charge is 0.495 e. The Hall–Kier alpha value is -3.12. The number of nitrogens with zero attached hydrogens (tertiary/aromatic N) is 3. The first-order valence-electron chi connectivity index (χ1n) is 10.1. The number of aryl methyl sites for hydroxylation is 2. The summed E-state index contributed by atoms with van der Waals surface area (Å²) in [6, 6.07) is 10.2. The van der Waals surface area contributed by atoms with Gasteiger partial charge in [-0.25, -0.2) is 0 Å². The molecule has 6 nitrogen and oxygen atoms in total. The number of carbonyl (C=O) groups excluding carboxylic acids is 1. The minimum Gasteiger partial charge on any atom is -0.495 e. The van der Waals surface area contributed by atoms with Gasteiger partial charge in [-0.2, -0.15) is 0 Å². The number of ether oxygens (including phenoxy) is 1. The number of likely N-dealkylation sites (N-methyl/N-ethyl adjacent to an activating group) is 1. The van der Waals surface area contributed by atoms with Gasteiger partial charge in [-0.3, -0.25) is 9.78 Å². The van der Waals surface area contributed by atoms with E-state index in [1.54, 1.807) is 13.3 Å².